The minimum atomic E-state index is -0.165. The fourth-order valence-electron chi connectivity index (χ4n) is 3.66. The molecule has 4 heterocycles. The summed E-state index contributed by atoms with van der Waals surface area (Å²) in [7, 11) is 0. The van der Waals surface area contributed by atoms with E-state index in [-0.39, 0.29) is 17.4 Å². The van der Waals surface area contributed by atoms with Gasteiger partial charge >= 0.3 is 0 Å². The molecule has 0 saturated carbocycles. The number of aryl methyl sites for hydroxylation is 2. The largest absolute Gasteiger partial charge is 0.459 e. The minimum Gasteiger partial charge on any atom is -0.459 e. The molecule has 0 unspecified atom stereocenters. The summed E-state index contributed by atoms with van der Waals surface area (Å²) in [6.45, 7) is 6.28. The number of nitrogens with zero attached hydrogens (tertiary/aromatic N) is 4. The Labute approximate surface area is 177 Å². The van der Waals surface area contributed by atoms with Gasteiger partial charge in [-0.2, -0.15) is 0 Å². The molecule has 9 heteroatoms. The number of amides is 2. The van der Waals surface area contributed by atoms with Gasteiger partial charge in [0.1, 0.15) is 4.83 Å². The first-order valence-corrected chi connectivity index (χ1v) is 10.9. The SMILES string of the molecule is CCCCn1cnc2sc(C(=O)N3CCN(C(=O)c4ccco4)CC3)c(C)c2c1=O. The smallest absolute Gasteiger partial charge is 0.289 e. The molecule has 1 aliphatic rings. The molecular weight excluding hydrogens is 404 g/mol. The molecule has 0 atom stereocenters. The number of hydrogen-bond acceptors (Lipinski definition) is 6. The second-order valence-electron chi connectivity index (χ2n) is 7.39. The highest BCUT2D eigenvalue weighted by atomic mass is 32.1. The number of furan rings is 1. The van der Waals surface area contributed by atoms with Crippen LogP contribution in [0.3, 0.4) is 0 Å². The van der Waals surface area contributed by atoms with Gasteiger partial charge in [-0.15, -0.1) is 11.3 Å². The Kier molecular flexibility index (Phi) is 5.72. The minimum absolute atomic E-state index is 0.0879. The van der Waals surface area contributed by atoms with Gasteiger partial charge in [0, 0.05) is 32.7 Å². The second-order valence-corrected chi connectivity index (χ2v) is 8.39. The van der Waals surface area contributed by atoms with Crippen molar-refractivity contribution in [2.75, 3.05) is 26.2 Å². The summed E-state index contributed by atoms with van der Waals surface area (Å²) in [5.41, 5.74) is 0.604. The molecule has 0 N–H and O–H groups in total. The number of hydrogen-bond donors (Lipinski definition) is 0. The average Bonchev–Trinajstić information content (AvgIpc) is 3.41. The molecule has 0 aliphatic carbocycles. The van der Waals surface area contributed by atoms with Crippen molar-refractivity contribution in [3.63, 3.8) is 0 Å². The van der Waals surface area contributed by atoms with E-state index >= 15 is 0 Å². The van der Waals surface area contributed by atoms with Crippen LogP contribution >= 0.6 is 11.3 Å². The van der Waals surface area contributed by atoms with Crippen molar-refractivity contribution >= 4 is 33.4 Å². The normalized spacial score (nSPS) is 14.5. The van der Waals surface area contributed by atoms with Gasteiger partial charge in [0.2, 0.25) is 0 Å². The molecule has 8 nitrogen and oxygen atoms in total. The van der Waals surface area contributed by atoms with Crippen LogP contribution in [0.15, 0.2) is 33.9 Å². The Morgan fingerprint density at radius 3 is 2.50 bits per heavy atom. The van der Waals surface area contributed by atoms with Gasteiger partial charge in [0.25, 0.3) is 17.4 Å². The van der Waals surface area contributed by atoms with Crippen LogP contribution in [0.25, 0.3) is 10.2 Å². The van der Waals surface area contributed by atoms with Crippen molar-refractivity contribution in [1.29, 1.82) is 0 Å². The lowest BCUT2D eigenvalue weighted by molar-refractivity contribution is 0.0520. The number of rotatable bonds is 5. The van der Waals surface area contributed by atoms with Crippen molar-refractivity contribution in [2.45, 2.75) is 33.2 Å². The van der Waals surface area contributed by atoms with E-state index in [4.69, 9.17) is 4.42 Å². The second kappa shape index (κ2) is 8.43. The molecule has 0 bridgehead atoms. The first-order chi connectivity index (χ1) is 14.5. The fourth-order valence-corrected chi connectivity index (χ4v) is 4.77. The van der Waals surface area contributed by atoms with Crippen LogP contribution in [0.1, 0.15) is 45.6 Å². The van der Waals surface area contributed by atoms with Gasteiger partial charge in [-0.25, -0.2) is 4.98 Å². The Morgan fingerprint density at radius 2 is 1.87 bits per heavy atom. The fraction of sp³-hybridized carbons (Fsp3) is 0.429. The lowest BCUT2D eigenvalue weighted by atomic mass is 10.2. The van der Waals surface area contributed by atoms with Crippen molar-refractivity contribution in [3.8, 4) is 0 Å². The summed E-state index contributed by atoms with van der Waals surface area (Å²) in [5, 5.41) is 0.536. The van der Waals surface area contributed by atoms with Crippen molar-refractivity contribution in [1.82, 2.24) is 19.4 Å². The third kappa shape index (κ3) is 3.65. The van der Waals surface area contributed by atoms with Gasteiger partial charge in [-0.05, 0) is 31.0 Å². The van der Waals surface area contributed by atoms with Gasteiger partial charge < -0.3 is 14.2 Å². The number of thiophene rings is 1. The highest BCUT2D eigenvalue weighted by Gasteiger charge is 2.29. The highest BCUT2D eigenvalue weighted by Crippen LogP contribution is 2.28. The van der Waals surface area contributed by atoms with Crippen LogP contribution in [0.2, 0.25) is 0 Å². The molecule has 3 aromatic rings. The summed E-state index contributed by atoms with van der Waals surface area (Å²) in [4.78, 5) is 47.4. The van der Waals surface area contributed by atoms with E-state index in [1.54, 1.807) is 32.8 Å². The van der Waals surface area contributed by atoms with E-state index in [1.807, 2.05) is 6.92 Å². The Bertz CT molecular complexity index is 1120. The number of piperazine rings is 1. The van der Waals surface area contributed by atoms with Gasteiger partial charge in [-0.1, -0.05) is 13.3 Å². The van der Waals surface area contributed by atoms with Gasteiger partial charge in [-0.3, -0.25) is 19.0 Å². The van der Waals surface area contributed by atoms with Gasteiger partial charge in [0.15, 0.2) is 5.76 Å². The molecule has 0 radical (unpaired) electrons. The first kappa shape index (κ1) is 20.3. The summed E-state index contributed by atoms with van der Waals surface area (Å²) < 4.78 is 6.80. The molecule has 0 spiro atoms. The van der Waals surface area contributed by atoms with E-state index in [0.717, 1.165) is 12.8 Å². The number of carbonyl (C=O) groups is 2. The summed E-state index contributed by atoms with van der Waals surface area (Å²) >= 11 is 1.27. The maximum Gasteiger partial charge on any atom is 0.289 e. The molecule has 30 heavy (non-hydrogen) atoms. The number of unbranched alkanes of at least 4 members (excludes halogenated alkanes) is 1. The lowest BCUT2D eigenvalue weighted by Crippen LogP contribution is -2.50. The Hall–Kier alpha value is -2.94. The number of fused-ring (bicyclic) bond motifs is 1. The topological polar surface area (TPSA) is 88.7 Å². The van der Waals surface area contributed by atoms with Crippen LogP contribution in [-0.2, 0) is 6.54 Å². The molecule has 3 aromatic heterocycles. The zero-order valence-corrected chi connectivity index (χ0v) is 17.9. The quantitative estimate of drug-likeness (QED) is 0.623. The lowest BCUT2D eigenvalue weighted by Gasteiger charge is -2.34. The standard InChI is InChI=1S/C21H24N4O4S/c1-3-4-7-25-13-22-18-16(20(25)27)14(2)17(30-18)21(28)24-10-8-23(9-11-24)19(26)15-6-5-12-29-15/h5-6,12-13H,3-4,7-11H2,1-2H3. The molecule has 0 aromatic carbocycles. The van der Waals surface area contributed by atoms with E-state index in [1.165, 1.54) is 17.6 Å². The van der Waals surface area contributed by atoms with Crippen LogP contribution < -0.4 is 5.56 Å². The van der Waals surface area contributed by atoms with Crippen molar-refractivity contribution < 1.29 is 14.0 Å². The molecule has 4 rings (SSSR count). The molecule has 1 aliphatic heterocycles. The Balaban J connectivity index is 1.51. The summed E-state index contributed by atoms with van der Waals surface area (Å²) in [6, 6.07) is 3.32. The number of carbonyl (C=O) groups excluding carboxylic acids is 2. The summed E-state index contributed by atoms with van der Waals surface area (Å²) in [5.74, 6) is 0.0302. The monoisotopic (exact) mass is 428 g/mol. The molecule has 2 amide bonds. The third-order valence-electron chi connectivity index (χ3n) is 5.45. The van der Waals surface area contributed by atoms with E-state index in [2.05, 4.69) is 11.9 Å². The van der Waals surface area contributed by atoms with E-state index in [9.17, 15) is 14.4 Å². The predicted octanol–water partition coefficient (Wildman–Crippen LogP) is 2.76. The summed E-state index contributed by atoms with van der Waals surface area (Å²) in [6.07, 6.45) is 4.94. The number of aromatic nitrogens is 2. The maximum atomic E-state index is 13.1. The van der Waals surface area contributed by atoms with Crippen molar-refractivity contribution in [3.05, 3.63) is 51.3 Å². The van der Waals surface area contributed by atoms with Crippen molar-refractivity contribution in [2.24, 2.45) is 0 Å². The van der Waals surface area contributed by atoms with E-state index in [0.29, 0.717) is 59.1 Å². The van der Waals surface area contributed by atoms with Crippen LogP contribution in [-0.4, -0.2) is 57.3 Å². The molecular formula is C21H24N4O4S. The van der Waals surface area contributed by atoms with Crippen LogP contribution in [0, 0.1) is 6.92 Å². The molecule has 1 saturated heterocycles. The Morgan fingerprint density at radius 1 is 1.17 bits per heavy atom. The zero-order chi connectivity index (χ0) is 21.3. The molecule has 158 valence electrons. The first-order valence-electron chi connectivity index (χ1n) is 10.1. The maximum absolute atomic E-state index is 13.1. The molecule has 1 fully saturated rings. The predicted molar refractivity (Wildman–Crippen MR) is 114 cm³/mol. The zero-order valence-electron chi connectivity index (χ0n) is 17.1. The highest BCUT2D eigenvalue weighted by molar-refractivity contribution is 7.20. The third-order valence-corrected chi connectivity index (χ3v) is 6.64. The van der Waals surface area contributed by atoms with Gasteiger partial charge in [0.05, 0.1) is 22.9 Å². The van der Waals surface area contributed by atoms with Crippen LogP contribution in [0.4, 0.5) is 0 Å². The van der Waals surface area contributed by atoms with E-state index < -0.39 is 0 Å². The average molecular weight is 429 g/mol. The van der Waals surface area contributed by atoms with Crippen LogP contribution in [0.5, 0.6) is 0 Å².